The maximum absolute atomic E-state index is 12.1. The molecule has 1 amide bonds. The van der Waals surface area contributed by atoms with Crippen molar-refractivity contribution in [1.29, 1.82) is 0 Å². The third kappa shape index (κ3) is 8.18. The van der Waals surface area contributed by atoms with Gasteiger partial charge < -0.3 is 15.1 Å². The minimum absolute atomic E-state index is 0.0568. The molecule has 6 heteroatoms. The minimum atomic E-state index is -0.997. The fraction of sp³-hybridized carbons (Fsp3) is 0.769. The van der Waals surface area contributed by atoms with E-state index >= 15 is 0 Å². The second kappa shape index (κ2) is 7.76. The van der Waals surface area contributed by atoms with Crippen molar-refractivity contribution in [3.05, 3.63) is 0 Å². The number of carbonyl (C=O) groups excluding carboxylic acids is 1. The molecule has 110 valence electrons. The van der Waals surface area contributed by atoms with E-state index in [1.165, 1.54) is 4.90 Å². The van der Waals surface area contributed by atoms with Gasteiger partial charge in [0.15, 0.2) is 0 Å². The molecular formula is C13H23NO5. The van der Waals surface area contributed by atoms with Crippen LogP contribution in [-0.4, -0.2) is 46.0 Å². The molecule has 0 heterocycles. The molecule has 0 aliphatic rings. The second-order valence-electron chi connectivity index (χ2n) is 5.36. The second-order valence-corrected chi connectivity index (χ2v) is 5.36. The molecule has 0 spiro atoms. The lowest BCUT2D eigenvalue weighted by Crippen LogP contribution is -2.37. The Bertz CT molecular complexity index is 320. The molecule has 0 radical (unpaired) electrons. The topological polar surface area (TPSA) is 94.9 Å². The molecule has 0 unspecified atom stereocenters. The van der Waals surface area contributed by atoms with E-state index in [1.807, 2.05) is 20.8 Å². The molecule has 0 aromatic heterocycles. The molecule has 2 N–H and O–H groups in total. The van der Waals surface area contributed by atoms with Crippen molar-refractivity contribution in [2.24, 2.45) is 5.41 Å². The third-order valence-electron chi connectivity index (χ3n) is 3.13. The van der Waals surface area contributed by atoms with Crippen LogP contribution in [-0.2, 0) is 14.4 Å². The van der Waals surface area contributed by atoms with Crippen LogP contribution in [0, 0.1) is 5.41 Å². The average molecular weight is 273 g/mol. The van der Waals surface area contributed by atoms with E-state index in [0.29, 0.717) is 6.42 Å². The lowest BCUT2D eigenvalue weighted by molar-refractivity contribution is -0.140. The van der Waals surface area contributed by atoms with Gasteiger partial charge >= 0.3 is 11.9 Å². The van der Waals surface area contributed by atoms with Crippen molar-refractivity contribution in [3.63, 3.8) is 0 Å². The van der Waals surface area contributed by atoms with Crippen molar-refractivity contribution in [2.75, 3.05) is 13.1 Å². The lowest BCUT2D eigenvalue weighted by atomic mass is 9.86. The van der Waals surface area contributed by atoms with Crippen molar-refractivity contribution in [2.45, 2.75) is 46.5 Å². The molecule has 0 aromatic rings. The van der Waals surface area contributed by atoms with E-state index in [9.17, 15) is 14.4 Å². The zero-order chi connectivity index (χ0) is 15.1. The first-order valence-electron chi connectivity index (χ1n) is 6.39. The van der Waals surface area contributed by atoms with Crippen molar-refractivity contribution < 1.29 is 24.6 Å². The zero-order valence-electron chi connectivity index (χ0n) is 11.8. The zero-order valence-corrected chi connectivity index (χ0v) is 11.8. The Morgan fingerprint density at radius 1 is 1.00 bits per heavy atom. The molecule has 0 saturated heterocycles. The molecular weight excluding hydrogens is 250 g/mol. The Balaban J connectivity index is 4.56. The van der Waals surface area contributed by atoms with E-state index in [1.54, 1.807) is 0 Å². The van der Waals surface area contributed by atoms with Crippen LogP contribution in [0.4, 0.5) is 0 Å². The molecule has 0 aromatic carbocycles. The van der Waals surface area contributed by atoms with Gasteiger partial charge in [-0.25, -0.2) is 0 Å². The van der Waals surface area contributed by atoms with Crippen molar-refractivity contribution >= 4 is 17.8 Å². The number of nitrogens with zero attached hydrogens (tertiary/aromatic N) is 1. The average Bonchev–Trinajstić information content (AvgIpc) is 2.27. The summed E-state index contributed by atoms with van der Waals surface area (Å²) in [4.78, 5) is 34.5. The van der Waals surface area contributed by atoms with Crippen LogP contribution < -0.4 is 0 Å². The minimum Gasteiger partial charge on any atom is -0.481 e. The quantitative estimate of drug-likeness (QED) is 0.665. The molecule has 0 bridgehead atoms. The van der Waals surface area contributed by atoms with Crippen LogP contribution in [0.15, 0.2) is 0 Å². The van der Waals surface area contributed by atoms with E-state index in [-0.39, 0.29) is 37.3 Å². The molecule has 0 fully saturated rings. The molecule has 6 nitrogen and oxygen atoms in total. The SMILES string of the molecule is CCC(C)(C)CC(=O)N(CCC(=O)O)CCC(=O)O. The number of carboxylic acids is 2. The Morgan fingerprint density at radius 3 is 1.74 bits per heavy atom. The van der Waals surface area contributed by atoms with Crippen LogP contribution in [0.25, 0.3) is 0 Å². The summed E-state index contributed by atoms with van der Waals surface area (Å²) in [6.07, 6.45) is 0.781. The smallest absolute Gasteiger partial charge is 0.305 e. The van der Waals surface area contributed by atoms with Gasteiger partial charge in [-0.05, 0) is 5.41 Å². The highest BCUT2D eigenvalue weighted by molar-refractivity contribution is 5.78. The molecule has 0 atom stereocenters. The fourth-order valence-corrected chi connectivity index (χ4v) is 1.47. The Kier molecular flexibility index (Phi) is 7.11. The monoisotopic (exact) mass is 273 g/mol. The third-order valence-corrected chi connectivity index (χ3v) is 3.13. The van der Waals surface area contributed by atoms with Crippen LogP contribution in [0.2, 0.25) is 0 Å². The summed E-state index contributed by atoms with van der Waals surface area (Å²) in [5, 5.41) is 17.3. The Labute approximate surface area is 113 Å². The molecule has 0 aliphatic carbocycles. The molecule has 0 saturated carbocycles. The van der Waals surface area contributed by atoms with Crippen LogP contribution in [0.5, 0.6) is 0 Å². The van der Waals surface area contributed by atoms with E-state index in [4.69, 9.17) is 10.2 Å². The number of aliphatic carboxylic acids is 2. The number of carbonyl (C=O) groups is 3. The first-order chi connectivity index (χ1) is 8.68. The number of hydrogen-bond donors (Lipinski definition) is 2. The summed E-state index contributed by atoms with van der Waals surface area (Å²) in [5.74, 6) is -2.18. The van der Waals surface area contributed by atoms with Gasteiger partial charge in [-0.3, -0.25) is 14.4 Å². The maximum Gasteiger partial charge on any atom is 0.305 e. The van der Waals surface area contributed by atoms with Gasteiger partial charge in [0.05, 0.1) is 12.8 Å². The summed E-state index contributed by atoms with van der Waals surface area (Å²) < 4.78 is 0. The van der Waals surface area contributed by atoms with E-state index in [0.717, 1.165) is 6.42 Å². The van der Waals surface area contributed by atoms with Gasteiger partial charge in [-0.1, -0.05) is 27.2 Å². The van der Waals surface area contributed by atoms with Gasteiger partial charge in [0.2, 0.25) is 5.91 Å². The van der Waals surface area contributed by atoms with Crippen molar-refractivity contribution in [3.8, 4) is 0 Å². The summed E-state index contributed by atoms with van der Waals surface area (Å²) in [7, 11) is 0. The summed E-state index contributed by atoms with van der Waals surface area (Å²) >= 11 is 0. The molecule has 0 rings (SSSR count). The highest BCUT2D eigenvalue weighted by Crippen LogP contribution is 2.25. The van der Waals surface area contributed by atoms with Crippen LogP contribution >= 0.6 is 0 Å². The highest BCUT2D eigenvalue weighted by Gasteiger charge is 2.24. The van der Waals surface area contributed by atoms with Crippen LogP contribution in [0.1, 0.15) is 46.5 Å². The normalized spacial score (nSPS) is 11.1. The summed E-state index contributed by atoms with van der Waals surface area (Å²) in [5.41, 5.74) is -0.165. The van der Waals surface area contributed by atoms with E-state index in [2.05, 4.69) is 0 Å². The van der Waals surface area contributed by atoms with Gasteiger partial charge in [0.25, 0.3) is 0 Å². The largest absolute Gasteiger partial charge is 0.481 e. The van der Waals surface area contributed by atoms with Crippen LogP contribution in [0.3, 0.4) is 0 Å². The molecule has 0 aliphatic heterocycles. The number of rotatable bonds is 9. The first-order valence-corrected chi connectivity index (χ1v) is 6.39. The standard InChI is InChI=1S/C13H23NO5/c1-4-13(2,3)9-10(15)14(7-5-11(16)17)8-6-12(18)19/h4-9H2,1-3H3,(H,16,17)(H,18,19). The summed E-state index contributed by atoms with van der Waals surface area (Å²) in [6, 6.07) is 0. The van der Waals surface area contributed by atoms with Gasteiger partial charge in [-0.15, -0.1) is 0 Å². The lowest BCUT2D eigenvalue weighted by Gasteiger charge is -2.27. The predicted octanol–water partition coefficient (Wildman–Crippen LogP) is 1.59. The Hall–Kier alpha value is -1.59. The van der Waals surface area contributed by atoms with E-state index < -0.39 is 11.9 Å². The maximum atomic E-state index is 12.1. The highest BCUT2D eigenvalue weighted by atomic mass is 16.4. The van der Waals surface area contributed by atoms with Gasteiger partial charge in [0, 0.05) is 19.5 Å². The van der Waals surface area contributed by atoms with Gasteiger partial charge in [0.1, 0.15) is 0 Å². The number of hydrogen-bond acceptors (Lipinski definition) is 3. The predicted molar refractivity (Wildman–Crippen MR) is 69.8 cm³/mol. The van der Waals surface area contributed by atoms with Crippen molar-refractivity contribution in [1.82, 2.24) is 4.90 Å². The number of amides is 1. The number of carboxylic acid groups (broad SMARTS) is 2. The Morgan fingerprint density at radius 2 is 1.42 bits per heavy atom. The fourth-order valence-electron chi connectivity index (χ4n) is 1.47. The first kappa shape index (κ1) is 17.4. The molecule has 19 heavy (non-hydrogen) atoms. The summed E-state index contributed by atoms with van der Waals surface area (Å²) in [6.45, 7) is 6.00. The van der Waals surface area contributed by atoms with Gasteiger partial charge in [-0.2, -0.15) is 0 Å².